The molecule has 2 rings (SSSR count). The van der Waals surface area contributed by atoms with Gasteiger partial charge in [0.1, 0.15) is 0 Å². The molecular formula is C14H22ClN3O2S. The van der Waals surface area contributed by atoms with Gasteiger partial charge in [-0.2, -0.15) is 17.4 Å². The zero-order valence-corrected chi connectivity index (χ0v) is 13.8. The molecule has 5 nitrogen and oxygen atoms in total. The molecule has 1 unspecified atom stereocenters. The summed E-state index contributed by atoms with van der Waals surface area (Å²) in [5, 5.41) is 3.72. The van der Waals surface area contributed by atoms with Crippen LogP contribution in [-0.4, -0.2) is 38.9 Å². The number of likely N-dealkylation sites (N-methyl/N-ethyl adjacent to an activating group) is 1. The van der Waals surface area contributed by atoms with E-state index in [1.807, 2.05) is 19.2 Å². The summed E-state index contributed by atoms with van der Waals surface area (Å²) < 4.78 is 29.2. The molecule has 1 heterocycles. The Bertz CT molecular complexity index is 546. The standard InChI is InChI=1S/C14H22ClN3O2S/c1-16-11-14-4-2-3-9-18(14)21(19,20)17-10-12-5-7-13(15)8-6-12/h5-8,14,16-17H,2-4,9-11H2,1H3. The topological polar surface area (TPSA) is 61.4 Å². The Balaban J connectivity index is 2.00. The third-order valence-electron chi connectivity index (χ3n) is 3.69. The highest BCUT2D eigenvalue weighted by Gasteiger charge is 2.31. The van der Waals surface area contributed by atoms with Gasteiger partial charge in [0.15, 0.2) is 0 Å². The maximum atomic E-state index is 12.5. The van der Waals surface area contributed by atoms with Crippen LogP contribution < -0.4 is 10.0 Å². The molecule has 1 aromatic carbocycles. The minimum atomic E-state index is -3.45. The zero-order chi connectivity index (χ0) is 15.3. The second kappa shape index (κ2) is 7.56. The lowest BCUT2D eigenvalue weighted by Crippen LogP contribution is -2.51. The van der Waals surface area contributed by atoms with Crippen molar-refractivity contribution in [3.8, 4) is 0 Å². The maximum Gasteiger partial charge on any atom is 0.280 e. The largest absolute Gasteiger partial charge is 0.318 e. The summed E-state index contributed by atoms with van der Waals surface area (Å²) in [7, 11) is -1.60. The number of rotatable bonds is 6. The van der Waals surface area contributed by atoms with E-state index < -0.39 is 10.2 Å². The summed E-state index contributed by atoms with van der Waals surface area (Å²) in [5.41, 5.74) is 0.894. The highest BCUT2D eigenvalue weighted by Crippen LogP contribution is 2.19. The Labute approximate surface area is 131 Å². The minimum Gasteiger partial charge on any atom is -0.318 e. The van der Waals surface area contributed by atoms with Crippen LogP contribution in [0, 0.1) is 0 Å². The van der Waals surface area contributed by atoms with Crippen LogP contribution in [0.25, 0.3) is 0 Å². The van der Waals surface area contributed by atoms with Crippen molar-refractivity contribution in [3.63, 3.8) is 0 Å². The average Bonchev–Trinajstić information content (AvgIpc) is 2.47. The van der Waals surface area contributed by atoms with Crippen LogP contribution in [0.2, 0.25) is 5.02 Å². The lowest BCUT2D eigenvalue weighted by molar-refractivity contribution is 0.246. The monoisotopic (exact) mass is 331 g/mol. The molecule has 0 aliphatic carbocycles. The molecule has 0 bridgehead atoms. The van der Waals surface area contributed by atoms with Crippen LogP contribution in [0.1, 0.15) is 24.8 Å². The fraction of sp³-hybridized carbons (Fsp3) is 0.571. The summed E-state index contributed by atoms with van der Waals surface area (Å²) in [4.78, 5) is 0. The molecule has 1 fully saturated rings. The Kier molecular flexibility index (Phi) is 6.01. The fourth-order valence-corrected chi connectivity index (χ4v) is 4.17. The molecule has 1 saturated heterocycles. The number of halogens is 1. The van der Waals surface area contributed by atoms with Gasteiger partial charge in [0.25, 0.3) is 10.2 Å². The van der Waals surface area contributed by atoms with E-state index in [-0.39, 0.29) is 12.6 Å². The van der Waals surface area contributed by atoms with Gasteiger partial charge < -0.3 is 5.32 Å². The van der Waals surface area contributed by atoms with Crippen LogP contribution in [0.3, 0.4) is 0 Å². The third-order valence-corrected chi connectivity index (χ3v) is 5.55. The van der Waals surface area contributed by atoms with Crippen LogP contribution >= 0.6 is 11.6 Å². The molecule has 1 aromatic rings. The van der Waals surface area contributed by atoms with E-state index in [0.717, 1.165) is 24.8 Å². The Morgan fingerprint density at radius 1 is 1.29 bits per heavy atom. The quantitative estimate of drug-likeness (QED) is 0.835. The highest BCUT2D eigenvalue weighted by atomic mass is 35.5. The van der Waals surface area contributed by atoms with Crippen molar-refractivity contribution in [1.82, 2.24) is 14.3 Å². The van der Waals surface area contributed by atoms with E-state index in [1.165, 1.54) is 0 Å². The Morgan fingerprint density at radius 2 is 2.00 bits per heavy atom. The van der Waals surface area contributed by atoms with Gasteiger partial charge in [0, 0.05) is 30.7 Å². The van der Waals surface area contributed by atoms with Gasteiger partial charge in [0.2, 0.25) is 0 Å². The van der Waals surface area contributed by atoms with E-state index in [9.17, 15) is 8.42 Å². The fourth-order valence-electron chi connectivity index (χ4n) is 2.59. The first kappa shape index (κ1) is 16.7. The van der Waals surface area contributed by atoms with E-state index in [1.54, 1.807) is 16.4 Å². The zero-order valence-electron chi connectivity index (χ0n) is 12.2. The van der Waals surface area contributed by atoms with Crippen molar-refractivity contribution in [2.75, 3.05) is 20.1 Å². The van der Waals surface area contributed by atoms with Crippen molar-refractivity contribution in [2.24, 2.45) is 0 Å². The third kappa shape index (κ3) is 4.66. The van der Waals surface area contributed by atoms with E-state index in [2.05, 4.69) is 10.0 Å². The van der Waals surface area contributed by atoms with Gasteiger partial charge in [0.05, 0.1) is 0 Å². The summed E-state index contributed by atoms with van der Waals surface area (Å²) in [6, 6.07) is 7.20. The molecule has 0 radical (unpaired) electrons. The Morgan fingerprint density at radius 3 is 2.67 bits per heavy atom. The van der Waals surface area contributed by atoms with Crippen molar-refractivity contribution >= 4 is 21.8 Å². The van der Waals surface area contributed by atoms with Gasteiger partial charge in [-0.05, 0) is 37.6 Å². The van der Waals surface area contributed by atoms with E-state index >= 15 is 0 Å². The number of hydrogen-bond donors (Lipinski definition) is 2. The van der Waals surface area contributed by atoms with Crippen molar-refractivity contribution < 1.29 is 8.42 Å². The summed E-state index contributed by atoms with van der Waals surface area (Å²) in [6.07, 6.45) is 2.90. The molecule has 1 aliphatic heterocycles. The maximum absolute atomic E-state index is 12.5. The molecule has 1 atom stereocenters. The molecule has 1 aliphatic rings. The lowest BCUT2D eigenvalue weighted by atomic mass is 10.1. The lowest BCUT2D eigenvalue weighted by Gasteiger charge is -2.34. The summed E-state index contributed by atoms with van der Waals surface area (Å²) in [6.45, 7) is 1.55. The SMILES string of the molecule is CNCC1CCCCN1S(=O)(=O)NCc1ccc(Cl)cc1. The number of piperidine rings is 1. The second-order valence-corrected chi connectivity index (χ2v) is 7.41. The summed E-state index contributed by atoms with van der Waals surface area (Å²) in [5.74, 6) is 0. The molecule has 0 aromatic heterocycles. The van der Waals surface area contributed by atoms with Crippen LogP contribution in [0.4, 0.5) is 0 Å². The van der Waals surface area contributed by atoms with Crippen LogP contribution in [0.5, 0.6) is 0 Å². The first-order valence-corrected chi connectivity index (χ1v) is 9.00. The highest BCUT2D eigenvalue weighted by molar-refractivity contribution is 7.87. The number of benzene rings is 1. The normalized spacial score (nSPS) is 20.6. The summed E-state index contributed by atoms with van der Waals surface area (Å²) >= 11 is 5.82. The van der Waals surface area contributed by atoms with Gasteiger partial charge in [-0.3, -0.25) is 0 Å². The number of nitrogens with zero attached hydrogens (tertiary/aromatic N) is 1. The molecule has 0 spiro atoms. The molecule has 118 valence electrons. The van der Waals surface area contributed by atoms with Crippen LogP contribution in [-0.2, 0) is 16.8 Å². The molecule has 0 saturated carbocycles. The van der Waals surface area contributed by atoms with Crippen LogP contribution in [0.15, 0.2) is 24.3 Å². The first-order valence-electron chi connectivity index (χ1n) is 7.18. The van der Waals surface area contributed by atoms with Crippen molar-refractivity contribution in [1.29, 1.82) is 0 Å². The van der Waals surface area contributed by atoms with Crippen molar-refractivity contribution in [3.05, 3.63) is 34.9 Å². The van der Waals surface area contributed by atoms with Gasteiger partial charge >= 0.3 is 0 Å². The molecule has 7 heteroatoms. The molecule has 2 N–H and O–H groups in total. The Hall–Kier alpha value is -0.660. The average molecular weight is 332 g/mol. The smallest absolute Gasteiger partial charge is 0.280 e. The molecule has 0 amide bonds. The number of nitrogens with one attached hydrogen (secondary N) is 2. The minimum absolute atomic E-state index is 0.0338. The molecular weight excluding hydrogens is 310 g/mol. The van der Waals surface area contributed by atoms with E-state index in [4.69, 9.17) is 11.6 Å². The van der Waals surface area contributed by atoms with Crippen molar-refractivity contribution in [2.45, 2.75) is 31.8 Å². The number of hydrogen-bond acceptors (Lipinski definition) is 3. The second-order valence-electron chi connectivity index (χ2n) is 5.27. The molecule has 21 heavy (non-hydrogen) atoms. The van der Waals surface area contributed by atoms with Gasteiger partial charge in [-0.25, -0.2) is 0 Å². The van der Waals surface area contributed by atoms with Gasteiger partial charge in [-0.15, -0.1) is 0 Å². The first-order chi connectivity index (χ1) is 10.0. The van der Waals surface area contributed by atoms with E-state index in [0.29, 0.717) is 18.1 Å². The van der Waals surface area contributed by atoms with Gasteiger partial charge in [-0.1, -0.05) is 30.2 Å². The predicted molar refractivity (Wildman–Crippen MR) is 85.5 cm³/mol. The predicted octanol–water partition coefficient (Wildman–Crippen LogP) is 1.75.